The average Bonchev–Trinajstić information content (AvgIpc) is 2.68. The van der Waals surface area contributed by atoms with Crippen LogP contribution in [0.15, 0.2) is 24.3 Å². The van der Waals surface area contributed by atoms with Gasteiger partial charge in [-0.15, -0.1) is 0 Å². The molecule has 142 valence electrons. The van der Waals surface area contributed by atoms with Crippen molar-refractivity contribution in [1.82, 2.24) is 15.6 Å². The van der Waals surface area contributed by atoms with E-state index in [0.717, 1.165) is 70.5 Å². The molecule has 1 heterocycles. The number of aryl methyl sites for hydroxylation is 1. The maximum atomic E-state index is 5.48. The average molecular weight is 356 g/mol. The van der Waals surface area contributed by atoms with E-state index < -0.39 is 0 Å². The van der Waals surface area contributed by atoms with E-state index >= 15 is 0 Å². The molecule has 2 aromatic rings. The van der Waals surface area contributed by atoms with E-state index in [1.54, 1.807) is 0 Å². The van der Waals surface area contributed by atoms with Crippen molar-refractivity contribution < 1.29 is 0 Å². The minimum atomic E-state index is 0.763. The van der Waals surface area contributed by atoms with E-state index in [9.17, 15) is 0 Å². The fraction of sp³-hybridized carbons (Fsp3) is 0.571. The molecule has 0 fully saturated rings. The van der Waals surface area contributed by atoms with E-state index in [1.807, 2.05) is 0 Å². The number of pyridine rings is 1. The highest BCUT2D eigenvalue weighted by Gasteiger charge is 2.17. The second-order valence-corrected chi connectivity index (χ2v) is 7.06. The van der Waals surface area contributed by atoms with Crippen molar-refractivity contribution in [2.75, 3.05) is 44.6 Å². The zero-order valence-corrected chi connectivity index (χ0v) is 15.8. The molecular formula is C21H33N5. The van der Waals surface area contributed by atoms with Crippen molar-refractivity contribution in [1.29, 1.82) is 0 Å². The number of nitrogens with one attached hydrogen (secondary N) is 3. The first-order valence-electron chi connectivity index (χ1n) is 10.2. The lowest BCUT2D eigenvalue weighted by atomic mass is 9.92. The third-order valence-electron chi connectivity index (χ3n) is 5.04. The zero-order valence-electron chi connectivity index (χ0n) is 15.8. The summed E-state index contributed by atoms with van der Waals surface area (Å²) in [6, 6.07) is 8.53. The Morgan fingerprint density at radius 2 is 1.65 bits per heavy atom. The van der Waals surface area contributed by atoms with Crippen LogP contribution in [-0.2, 0) is 12.8 Å². The van der Waals surface area contributed by atoms with Gasteiger partial charge in [-0.05, 0) is 69.8 Å². The van der Waals surface area contributed by atoms with Crippen LogP contribution in [0, 0.1) is 0 Å². The highest BCUT2D eigenvalue weighted by molar-refractivity contribution is 5.93. The summed E-state index contributed by atoms with van der Waals surface area (Å²) < 4.78 is 0. The SMILES string of the molecule is NCCCNCCNCCCNc1c2c(nc3ccccc13)CCCC2. The fourth-order valence-corrected chi connectivity index (χ4v) is 3.66. The predicted octanol–water partition coefficient (Wildman–Crippen LogP) is 2.44. The second kappa shape index (κ2) is 10.5. The van der Waals surface area contributed by atoms with E-state index in [4.69, 9.17) is 10.7 Å². The molecule has 0 saturated heterocycles. The smallest absolute Gasteiger partial charge is 0.0726 e. The molecule has 3 rings (SSSR count). The number of anilines is 1. The van der Waals surface area contributed by atoms with Gasteiger partial charge in [0.1, 0.15) is 0 Å². The fourth-order valence-electron chi connectivity index (χ4n) is 3.66. The van der Waals surface area contributed by atoms with Crippen LogP contribution >= 0.6 is 0 Å². The van der Waals surface area contributed by atoms with Gasteiger partial charge in [0.2, 0.25) is 0 Å². The first kappa shape index (κ1) is 19.1. The van der Waals surface area contributed by atoms with E-state index in [1.165, 1.54) is 35.2 Å². The topological polar surface area (TPSA) is 75.0 Å². The molecule has 0 saturated carbocycles. The Bertz CT molecular complexity index is 685. The van der Waals surface area contributed by atoms with Gasteiger partial charge in [0, 0.05) is 36.4 Å². The first-order chi connectivity index (χ1) is 12.9. The quantitative estimate of drug-likeness (QED) is 0.466. The summed E-state index contributed by atoms with van der Waals surface area (Å²) in [7, 11) is 0. The Morgan fingerprint density at radius 3 is 2.50 bits per heavy atom. The normalized spacial score (nSPS) is 13.7. The van der Waals surface area contributed by atoms with Gasteiger partial charge in [0.05, 0.1) is 5.52 Å². The van der Waals surface area contributed by atoms with Gasteiger partial charge in [-0.25, -0.2) is 0 Å². The molecule has 0 atom stereocenters. The molecule has 0 amide bonds. The van der Waals surface area contributed by atoms with Crippen molar-refractivity contribution in [3.63, 3.8) is 0 Å². The van der Waals surface area contributed by atoms with Crippen LogP contribution in [0.1, 0.15) is 36.9 Å². The summed E-state index contributed by atoms with van der Waals surface area (Å²) in [4.78, 5) is 4.91. The van der Waals surface area contributed by atoms with E-state index in [0.29, 0.717) is 0 Å². The lowest BCUT2D eigenvalue weighted by Crippen LogP contribution is -2.29. The van der Waals surface area contributed by atoms with Crippen LogP contribution in [0.25, 0.3) is 10.9 Å². The minimum absolute atomic E-state index is 0.763. The number of para-hydroxylation sites is 1. The molecule has 1 aromatic carbocycles. The second-order valence-electron chi connectivity index (χ2n) is 7.06. The number of hydrogen-bond acceptors (Lipinski definition) is 5. The predicted molar refractivity (Wildman–Crippen MR) is 111 cm³/mol. The van der Waals surface area contributed by atoms with Crippen molar-refractivity contribution >= 4 is 16.6 Å². The molecule has 0 bridgehead atoms. The molecule has 1 aromatic heterocycles. The Labute approximate surface area is 157 Å². The van der Waals surface area contributed by atoms with Crippen molar-refractivity contribution in [3.05, 3.63) is 35.5 Å². The summed E-state index contributed by atoms with van der Waals surface area (Å²) in [5.74, 6) is 0. The molecule has 5 heteroatoms. The highest BCUT2D eigenvalue weighted by Crippen LogP contribution is 2.33. The number of benzene rings is 1. The van der Waals surface area contributed by atoms with Crippen LogP contribution in [0.3, 0.4) is 0 Å². The Morgan fingerprint density at radius 1 is 0.885 bits per heavy atom. The molecule has 5 nitrogen and oxygen atoms in total. The number of nitrogens with two attached hydrogens (primary N) is 1. The van der Waals surface area contributed by atoms with Gasteiger partial charge in [0.25, 0.3) is 0 Å². The van der Waals surface area contributed by atoms with Crippen LogP contribution in [0.4, 0.5) is 5.69 Å². The molecule has 0 spiro atoms. The summed E-state index contributed by atoms with van der Waals surface area (Å²) in [6.07, 6.45) is 6.99. The van der Waals surface area contributed by atoms with Gasteiger partial charge in [-0.2, -0.15) is 0 Å². The molecule has 0 radical (unpaired) electrons. The van der Waals surface area contributed by atoms with Crippen LogP contribution in [-0.4, -0.2) is 44.3 Å². The molecule has 0 aliphatic heterocycles. The van der Waals surface area contributed by atoms with Gasteiger partial charge in [0.15, 0.2) is 0 Å². The van der Waals surface area contributed by atoms with Crippen LogP contribution in [0.5, 0.6) is 0 Å². The summed E-state index contributed by atoms with van der Waals surface area (Å²) in [6.45, 7) is 5.83. The summed E-state index contributed by atoms with van der Waals surface area (Å²) in [5, 5.41) is 11.9. The molecule has 0 unspecified atom stereocenters. The monoisotopic (exact) mass is 355 g/mol. The number of rotatable bonds is 11. The first-order valence-corrected chi connectivity index (χ1v) is 10.2. The molecule has 1 aliphatic rings. The number of aromatic nitrogens is 1. The van der Waals surface area contributed by atoms with Crippen molar-refractivity contribution in [3.8, 4) is 0 Å². The number of hydrogen-bond donors (Lipinski definition) is 4. The maximum Gasteiger partial charge on any atom is 0.0726 e. The van der Waals surface area contributed by atoms with E-state index in [2.05, 4.69) is 40.2 Å². The highest BCUT2D eigenvalue weighted by atomic mass is 14.9. The lowest BCUT2D eigenvalue weighted by Gasteiger charge is -2.21. The largest absolute Gasteiger partial charge is 0.384 e. The minimum Gasteiger partial charge on any atom is -0.384 e. The lowest BCUT2D eigenvalue weighted by molar-refractivity contribution is 0.592. The molecule has 5 N–H and O–H groups in total. The van der Waals surface area contributed by atoms with Crippen molar-refractivity contribution in [2.45, 2.75) is 38.5 Å². The third-order valence-corrected chi connectivity index (χ3v) is 5.04. The number of fused-ring (bicyclic) bond motifs is 2. The standard InChI is InChI=1S/C21H33N5/c22-11-5-12-23-15-16-24-13-6-14-25-21-17-7-1-3-9-19(17)26-20-10-4-2-8-18(20)21/h1,3,7,9,23-24H,2,4-6,8,10-16,22H2,(H,25,26). The van der Waals surface area contributed by atoms with Gasteiger partial charge in [-0.1, -0.05) is 18.2 Å². The Hall–Kier alpha value is -1.69. The van der Waals surface area contributed by atoms with Gasteiger partial charge < -0.3 is 21.7 Å². The zero-order chi connectivity index (χ0) is 18.0. The summed E-state index contributed by atoms with van der Waals surface area (Å²) >= 11 is 0. The van der Waals surface area contributed by atoms with E-state index in [-0.39, 0.29) is 0 Å². The van der Waals surface area contributed by atoms with Gasteiger partial charge in [-0.3, -0.25) is 4.98 Å². The Kier molecular flexibility index (Phi) is 7.67. The molecule has 1 aliphatic carbocycles. The maximum absolute atomic E-state index is 5.48. The van der Waals surface area contributed by atoms with Crippen LogP contribution in [0.2, 0.25) is 0 Å². The molecular weight excluding hydrogens is 322 g/mol. The number of nitrogens with zero attached hydrogens (tertiary/aromatic N) is 1. The summed E-state index contributed by atoms with van der Waals surface area (Å²) in [5.41, 5.74) is 10.7. The van der Waals surface area contributed by atoms with Crippen molar-refractivity contribution in [2.24, 2.45) is 5.73 Å². The molecule has 26 heavy (non-hydrogen) atoms. The third kappa shape index (κ3) is 5.16. The Balaban J connectivity index is 1.48. The van der Waals surface area contributed by atoms with Crippen LogP contribution < -0.4 is 21.7 Å². The van der Waals surface area contributed by atoms with Gasteiger partial charge >= 0.3 is 0 Å².